The van der Waals surface area contributed by atoms with Gasteiger partial charge >= 0.3 is 0 Å². The molecule has 0 saturated heterocycles. The van der Waals surface area contributed by atoms with Crippen LogP contribution in [0.4, 0.5) is 5.69 Å². The minimum Gasteiger partial charge on any atom is -0.381 e. The van der Waals surface area contributed by atoms with Crippen molar-refractivity contribution in [3.05, 3.63) is 64.7 Å². The number of anilines is 1. The summed E-state index contributed by atoms with van der Waals surface area (Å²) < 4.78 is 0. The van der Waals surface area contributed by atoms with E-state index in [9.17, 15) is 0 Å². The lowest BCUT2D eigenvalue weighted by atomic mass is 9.69. The smallest absolute Gasteiger partial charge is 0.0433 e. The van der Waals surface area contributed by atoms with Gasteiger partial charge in [0.1, 0.15) is 0 Å². The molecule has 128 valence electrons. The molecule has 3 rings (SSSR count). The van der Waals surface area contributed by atoms with Crippen LogP contribution < -0.4 is 5.32 Å². The Morgan fingerprint density at radius 3 is 2.38 bits per heavy atom. The van der Waals surface area contributed by atoms with Gasteiger partial charge in [-0.1, -0.05) is 55.8 Å². The van der Waals surface area contributed by atoms with Crippen molar-refractivity contribution >= 4 is 17.3 Å². The Morgan fingerprint density at radius 2 is 1.71 bits per heavy atom. The molecule has 0 spiro atoms. The Morgan fingerprint density at radius 1 is 1.04 bits per heavy atom. The molecule has 0 aromatic heterocycles. The van der Waals surface area contributed by atoms with E-state index >= 15 is 0 Å². The summed E-state index contributed by atoms with van der Waals surface area (Å²) in [6.07, 6.45) is 1.10. The first kappa shape index (κ1) is 17.3. The van der Waals surface area contributed by atoms with Crippen LogP contribution in [0.1, 0.15) is 38.3 Å². The van der Waals surface area contributed by atoms with E-state index in [2.05, 4.69) is 67.4 Å². The highest BCUT2D eigenvalue weighted by Crippen LogP contribution is 2.48. The lowest BCUT2D eigenvalue weighted by Crippen LogP contribution is -2.41. The molecule has 2 aromatic rings. The van der Waals surface area contributed by atoms with E-state index in [1.165, 1.54) is 16.8 Å². The number of hydrogen-bond donors (Lipinski definition) is 1. The number of nitrogens with one attached hydrogen (secondary N) is 1. The average Bonchev–Trinajstić information content (AvgIpc) is 2.89. The molecule has 0 saturated carbocycles. The summed E-state index contributed by atoms with van der Waals surface area (Å²) in [4.78, 5) is 2.51. The second kappa shape index (κ2) is 7.16. The van der Waals surface area contributed by atoms with Gasteiger partial charge in [0.15, 0.2) is 0 Å². The first-order valence-electron chi connectivity index (χ1n) is 8.96. The van der Waals surface area contributed by atoms with Crippen molar-refractivity contribution in [1.82, 2.24) is 4.90 Å². The van der Waals surface area contributed by atoms with E-state index in [-0.39, 0.29) is 5.41 Å². The van der Waals surface area contributed by atoms with Gasteiger partial charge in [-0.2, -0.15) is 0 Å². The molecule has 1 heterocycles. The van der Waals surface area contributed by atoms with E-state index in [4.69, 9.17) is 11.6 Å². The van der Waals surface area contributed by atoms with Gasteiger partial charge < -0.3 is 10.2 Å². The SMILES string of the molecule is CCN(CC)CCC1(c2ccc(Cl)cc2)c2ccccc2NC1C. The molecule has 2 aromatic carbocycles. The molecule has 3 heteroatoms. The summed E-state index contributed by atoms with van der Waals surface area (Å²) in [5.41, 5.74) is 4.01. The van der Waals surface area contributed by atoms with Crippen molar-refractivity contribution in [2.45, 2.75) is 38.6 Å². The monoisotopic (exact) mass is 342 g/mol. The Hall–Kier alpha value is -1.51. The third-order valence-electron chi connectivity index (χ3n) is 5.60. The minimum atomic E-state index is -0.0101. The second-order valence-electron chi connectivity index (χ2n) is 6.67. The lowest BCUT2D eigenvalue weighted by Gasteiger charge is -2.37. The van der Waals surface area contributed by atoms with Gasteiger partial charge in [-0.05, 0) is 62.3 Å². The summed E-state index contributed by atoms with van der Waals surface area (Å²) in [7, 11) is 0. The number of hydrogen-bond acceptors (Lipinski definition) is 2. The van der Waals surface area contributed by atoms with Crippen molar-refractivity contribution in [2.24, 2.45) is 0 Å². The number of benzene rings is 2. The Bertz CT molecular complexity index is 678. The number of nitrogens with zero attached hydrogens (tertiary/aromatic N) is 1. The summed E-state index contributed by atoms with van der Waals surface area (Å²) in [6.45, 7) is 10.1. The van der Waals surface area contributed by atoms with Crippen molar-refractivity contribution < 1.29 is 0 Å². The fraction of sp³-hybridized carbons (Fsp3) is 0.429. The Kier molecular flexibility index (Phi) is 5.17. The van der Waals surface area contributed by atoms with Crippen LogP contribution in [0.5, 0.6) is 0 Å². The Balaban J connectivity index is 2.06. The molecule has 0 amide bonds. The van der Waals surface area contributed by atoms with Crippen LogP contribution in [0, 0.1) is 0 Å². The molecule has 24 heavy (non-hydrogen) atoms. The van der Waals surface area contributed by atoms with Gasteiger partial charge in [0.2, 0.25) is 0 Å². The minimum absolute atomic E-state index is 0.0101. The van der Waals surface area contributed by atoms with Crippen molar-refractivity contribution in [2.75, 3.05) is 25.0 Å². The van der Waals surface area contributed by atoms with Gasteiger partial charge in [0.25, 0.3) is 0 Å². The fourth-order valence-corrected chi connectivity index (χ4v) is 4.24. The maximum Gasteiger partial charge on any atom is 0.0433 e. The maximum atomic E-state index is 6.15. The molecule has 2 unspecified atom stereocenters. The zero-order chi connectivity index (χ0) is 17.2. The zero-order valence-electron chi connectivity index (χ0n) is 14.8. The summed E-state index contributed by atoms with van der Waals surface area (Å²) in [5.74, 6) is 0. The highest BCUT2D eigenvalue weighted by atomic mass is 35.5. The lowest BCUT2D eigenvalue weighted by molar-refractivity contribution is 0.267. The predicted molar refractivity (Wildman–Crippen MR) is 104 cm³/mol. The van der Waals surface area contributed by atoms with Crippen LogP contribution in [0.3, 0.4) is 0 Å². The third kappa shape index (κ3) is 2.94. The van der Waals surface area contributed by atoms with Gasteiger partial charge in [0, 0.05) is 22.2 Å². The second-order valence-corrected chi connectivity index (χ2v) is 7.10. The third-order valence-corrected chi connectivity index (χ3v) is 5.85. The highest BCUT2D eigenvalue weighted by Gasteiger charge is 2.45. The molecular formula is C21H27ClN2. The summed E-state index contributed by atoms with van der Waals surface area (Å²) >= 11 is 6.15. The van der Waals surface area contributed by atoms with Gasteiger partial charge in [-0.25, -0.2) is 0 Å². The van der Waals surface area contributed by atoms with Crippen molar-refractivity contribution in [1.29, 1.82) is 0 Å². The van der Waals surface area contributed by atoms with E-state index in [1.807, 2.05) is 12.1 Å². The van der Waals surface area contributed by atoms with Crippen molar-refractivity contribution in [3.63, 3.8) is 0 Å². The van der Waals surface area contributed by atoms with E-state index in [0.717, 1.165) is 31.1 Å². The molecule has 1 N–H and O–H groups in total. The van der Waals surface area contributed by atoms with Crippen LogP contribution in [0.15, 0.2) is 48.5 Å². The molecule has 0 fully saturated rings. The van der Waals surface area contributed by atoms with Gasteiger partial charge in [-0.15, -0.1) is 0 Å². The molecule has 0 aliphatic carbocycles. The van der Waals surface area contributed by atoms with Gasteiger partial charge in [-0.3, -0.25) is 0 Å². The summed E-state index contributed by atoms with van der Waals surface area (Å²) in [5, 5.41) is 4.51. The number of fused-ring (bicyclic) bond motifs is 1. The maximum absolute atomic E-state index is 6.15. The number of rotatable bonds is 6. The predicted octanol–water partition coefficient (Wildman–Crippen LogP) is 5.17. The number of halogens is 1. The van der Waals surface area contributed by atoms with E-state index in [1.54, 1.807) is 0 Å². The molecule has 0 radical (unpaired) electrons. The van der Waals surface area contributed by atoms with Gasteiger partial charge in [0.05, 0.1) is 0 Å². The first-order valence-corrected chi connectivity index (χ1v) is 9.34. The summed E-state index contributed by atoms with van der Waals surface area (Å²) in [6, 6.07) is 17.5. The normalized spacial score (nSPS) is 22.5. The molecule has 2 atom stereocenters. The van der Waals surface area contributed by atoms with Crippen molar-refractivity contribution in [3.8, 4) is 0 Å². The van der Waals surface area contributed by atoms with Crippen LogP contribution >= 0.6 is 11.6 Å². The first-order chi connectivity index (χ1) is 11.6. The molecule has 1 aliphatic heterocycles. The van der Waals surface area contributed by atoms with Crippen LogP contribution in [0.25, 0.3) is 0 Å². The van der Waals surface area contributed by atoms with Crippen LogP contribution in [0.2, 0.25) is 5.02 Å². The highest BCUT2D eigenvalue weighted by molar-refractivity contribution is 6.30. The topological polar surface area (TPSA) is 15.3 Å². The largest absolute Gasteiger partial charge is 0.381 e. The quantitative estimate of drug-likeness (QED) is 0.778. The zero-order valence-corrected chi connectivity index (χ0v) is 15.6. The standard InChI is InChI=1S/C21H27ClN2/c1-4-24(5-2)15-14-21(17-10-12-18(22)13-11-17)16(3)23-20-9-7-6-8-19(20)21/h6-13,16,23H,4-5,14-15H2,1-3H3. The molecule has 0 bridgehead atoms. The van der Waals surface area contributed by atoms with E-state index < -0.39 is 0 Å². The molecule has 1 aliphatic rings. The number of para-hydroxylation sites is 1. The van der Waals surface area contributed by atoms with Crippen LogP contribution in [-0.2, 0) is 5.41 Å². The molecular weight excluding hydrogens is 316 g/mol. The van der Waals surface area contributed by atoms with E-state index in [0.29, 0.717) is 6.04 Å². The van der Waals surface area contributed by atoms with Crippen LogP contribution in [-0.4, -0.2) is 30.6 Å². The fourth-order valence-electron chi connectivity index (χ4n) is 4.11. The molecule has 2 nitrogen and oxygen atoms in total. The Labute approximate surface area is 150 Å². The average molecular weight is 343 g/mol.